The average molecular weight is 385 g/mol. The molecular formula is C15H13ClN2O2S3. The number of aryl methyl sites for hydroxylation is 1. The van der Waals surface area contributed by atoms with E-state index in [0.717, 1.165) is 22.0 Å². The summed E-state index contributed by atoms with van der Waals surface area (Å²) >= 11 is 8.61. The Morgan fingerprint density at radius 1 is 1.26 bits per heavy atom. The highest BCUT2D eigenvalue weighted by molar-refractivity contribution is 7.94. The Morgan fingerprint density at radius 2 is 2.09 bits per heavy atom. The molecule has 0 unspecified atom stereocenters. The maximum Gasteiger partial charge on any atom is 0.271 e. The summed E-state index contributed by atoms with van der Waals surface area (Å²) in [7, 11) is -3.63. The van der Waals surface area contributed by atoms with Gasteiger partial charge in [-0.1, -0.05) is 24.6 Å². The van der Waals surface area contributed by atoms with Gasteiger partial charge in [-0.15, -0.1) is 22.7 Å². The Balaban J connectivity index is 1.86. The van der Waals surface area contributed by atoms with Crippen molar-refractivity contribution in [2.24, 2.45) is 0 Å². The molecule has 0 saturated carbocycles. The molecule has 120 valence electrons. The summed E-state index contributed by atoms with van der Waals surface area (Å²) in [5, 5.41) is 3.32. The van der Waals surface area contributed by atoms with Crippen molar-refractivity contribution in [3.05, 3.63) is 52.5 Å². The molecule has 23 heavy (non-hydrogen) atoms. The van der Waals surface area contributed by atoms with E-state index in [-0.39, 0.29) is 4.21 Å². The second-order valence-corrected chi connectivity index (χ2v) is 9.02. The number of hydrogen-bond acceptors (Lipinski definition) is 5. The van der Waals surface area contributed by atoms with Crippen LogP contribution in [-0.4, -0.2) is 13.4 Å². The average Bonchev–Trinajstić information content (AvgIpc) is 3.16. The van der Waals surface area contributed by atoms with Gasteiger partial charge in [0.1, 0.15) is 9.22 Å². The number of halogens is 1. The van der Waals surface area contributed by atoms with E-state index < -0.39 is 10.0 Å². The molecule has 1 N–H and O–H groups in total. The number of thiophene rings is 1. The monoisotopic (exact) mass is 384 g/mol. The van der Waals surface area contributed by atoms with Gasteiger partial charge in [-0.3, -0.25) is 4.72 Å². The lowest BCUT2D eigenvalue weighted by molar-refractivity contribution is 0.603. The number of aromatic nitrogens is 1. The van der Waals surface area contributed by atoms with Gasteiger partial charge in [0.05, 0.1) is 16.3 Å². The first kappa shape index (κ1) is 16.4. The zero-order chi connectivity index (χ0) is 16.4. The number of sulfonamides is 1. The van der Waals surface area contributed by atoms with Gasteiger partial charge in [-0.05, 0) is 36.8 Å². The van der Waals surface area contributed by atoms with Crippen molar-refractivity contribution in [1.82, 2.24) is 4.98 Å². The summed E-state index contributed by atoms with van der Waals surface area (Å²) in [5.41, 5.74) is 1.45. The maximum absolute atomic E-state index is 12.5. The summed E-state index contributed by atoms with van der Waals surface area (Å²) < 4.78 is 27.7. The molecular weight excluding hydrogens is 372 g/mol. The summed E-state index contributed by atoms with van der Waals surface area (Å²) in [6, 6.07) is 10.0. The molecule has 0 saturated heterocycles. The molecule has 0 fully saturated rings. The summed E-state index contributed by atoms with van der Waals surface area (Å²) in [6.45, 7) is 2.04. The minimum atomic E-state index is -3.63. The second-order valence-electron chi connectivity index (χ2n) is 4.73. The van der Waals surface area contributed by atoms with Gasteiger partial charge in [0, 0.05) is 10.4 Å². The highest BCUT2D eigenvalue weighted by atomic mass is 35.5. The van der Waals surface area contributed by atoms with Gasteiger partial charge in [0.2, 0.25) is 0 Å². The van der Waals surface area contributed by atoms with E-state index >= 15 is 0 Å². The van der Waals surface area contributed by atoms with Gasteiger partial charge in [-0.2, -0.15) is 0 Å². The van der Waals surface area contributed by atoms with Crippen LogP contribution >= 0.6 is 34.3 Å². The maximum atomic E-state index is 12.5. The van der Waals surface area contributed by atoms with Crippen LogP contribution < -0.4 is 4.72 Å². The van der Waals surface area contributed by atoms with Crippen molar-refractivity contribution in [3.8, 4) is 9.88 Å². The summed E-state index contributed by atoms with van der Waals surface area (Å²) in [5.74, 6) is 0. The standard InChI is InChI=1S/C15H13ClN2O2S3/c1-2-11-9-21-15(17-11)13-6-7-14(22-13)23(19,20)18-12-5-3-4-10(16)8-12/h3-9,18H,2H2,1H3. The fourth-order valence-electron chi connectivity index (χ4n) is 1.92. The molecule has 0 bridgehead atoms. The fraction of sp³-hybridized carbons (Fsp3) is 0.133. The van der Waals surface area contributed by atoms with Crippen LogP contribution in [-0.2, 0) is 16.4 Å². The van der Waals surface area contributed by atoms with E-state index in [1.54, 1.807) is 36.4 Å². The minimum absolute atomic E-state index is 0.251. The Morgan fingerprint density at radius 3 is 2.78 bits per heavy atom. The van der Waals surface area contributed by atoms with Crippen LogP contribution in [0.5, 0.6) is 0 Å². The molecule has 4 nitrogen and oxygen atoms in total. The van der Waals surface area contributed by atoms with Crippen LogP contribution in [0.3, 0.4) is 0 Å². The molecule has 0 aliphatic heterocycles. The summed E-state index contributed by atoms with van der Waals surface area (Å²) in [6.07, 6.45) is 0.864. The van der Waals surface area contributed by atoms with E-state index in [1.165, 1.54) is 22.7 Å². The van der Waals surface area contributed by atoms with Crippen molar-refractivity contribution in [2.75, 3.05) is 4.72 Å². The van der Waals surface area contributed by atoms with Crippen molar-refractivity contribution in [3.63, 3.8) is 0 Å². The number of anilines is 1. The third-order valence-electron chi connectivity index (χ3n) is 3.05. The molecule has 8 heteroatoms. The Hall–Kier alpha value is -1.41. The summed E-state index contributed by atoms with van der Waals surface area (Å²) in [4.78, 5) is 5.33. The first-order valence-corrected chi connectivity index (χ1v) is 10.4. The van der Waals surface area contributed by atoms with Gasteiger partial charge in [-0.25, -0.2) is 13.4 Å². The zero-order valence-electron chi connectivity index (χ0n) is 12.1. The quantitative estimate of drug-likeness (QED) is 0.681. The molecule has 0 aliphatic rings. The Labute approximate surface area is 147 Å². The Kier molecular flexibility index (Phi) is 4.72. The molecule has 0 aliphatic carbocycles. The fourth-order valence-corrected chi connectivity index (χ4v) is 5.44. The van der Waals surface area contributed by atoms with E-state index in [0.29, 0.717) is 10.7 Å². The predicted molar refractivity (Wildman–Crippen MR) is 97.1 cm³/mol. The van der Waals surface area contributed by atoms with Crippen molar-refractivity contribution < 1.29 is 8.42 Å². The van der Waals surface area contributed by atoms with E-state index in [1.807, 2.05) is 12.3 Å². The lowest BCUT2D eigenvalue weighted by Gasteiger charge is -2.06. The molecule has 0 spiro atoms. The number of nitrogens with zero attached hydrogens (tertiary/aromatic N) is 1. The molecule has 1 aromatic carbocycles. The lowest BCUT2D eigenvalue weighted by atomic mass is 10.3. The van der Waals surface area contributed by atoms with Crippen molar-refractivity contribution in [2.45, 2.75) is 17.6 Å². The van der Waals surface area contributed by atoms with E-state index in [4.69, 9.17) is 11.6 Å². The number of rotatable bonds is 5. The van der Waals surface area contributed by atoms with Gasteiger partial charge in [0.15, 0.2) is 0 Å². The van der Waals surface area contributed by atoms with Crippen LogP contribution in [0.4, 0.5) is 5.69 Å². The number of thiazole rings is 1. The molecule has 3 rings (SSSR count). The predicted octanol–water partition coefficient (Wildman–Crippen LogP) is 4.89. The third kappa shape index (κ3) is 3.74. The number of hydrogen-bond donors (Lipinski definition) is 1. The van der Waals surface area contributed by atoms with Crippen LogP contribution in [0.2, 0.25) is 5.02 Å². The second kappa shape index (κ2) is 6.60. The molecule has 0 atom stereocenters. The molecule has 0 radical (unpaired) electrons. The van der Waals surface area contributed by atoms with Crippen molar-refractivity contribution in [1.29, 1.82) is 0 Å². The lowest BCUT2D eigenvalue weighted by Crippen LogP contribution is -2.11. The molecule has 2 heterocycles. The Bertz CT molecular complexity index is 932. The smallest absolute Gasteiger partial charge is 0.271 e. The van der Waals surface area contributed by atoms with E-state index in [2.05, 4.69) is 9.71 Å². The topological polar surface area (TPSA) is 59.1 Å². The minimum Gasteiger partial charge on any atom is -0.279 e. The molecule has 0 amide bonds. The normalized spacial score (nSPS) is 11.6. The van der Waals surface area contributed by atoms with Crippen LogP contribution in [0.15, 0.2) is 46.0 Å². The zero-order valence-corrected chi connectivity index (χ0v) is 15.3. The van der Waals surface area contributed by atoms with Crippen LogP contribution in [0, 0.1) is 0 Å². The van der Waals surface area contributed by atoms with Gasteiger partial charge in [0.25, 0.3) is 10.0 Å². The third-order valence-corrected chi connectivity index (χ3v) is 7.30. The van der Waals surface area contributed by atoms with Crippen LogP contribution in [0.25, 0.3) is 9.88 Å². The van der Waals surface area contributed by atoms with Gasteiger partial charge < -0.3 is 0 Å². The van der Waals surface area contributed by atoms with Crippen LogP contribution in [0.1, 0.15) is 12.6 Å². The van der Waals surface area contributed by atoms with Crippen molar-refractivity contribution >= 4 is 50.0 Å². The molecule has 2 aromatic heterocycles. The molecule has 3 aromatic rings. The highest BCUT2D eigenvalue weighted by Gasteiger charge is 2.18. The first-order chi connectivity index (χ1) is 11.0. The van der Waals surface area contributed by atoms with E-state index in [9.17, 15) is 8.42 Å². The number of benzene rings is 1. The SMILES string of the molecule is CCc1csc(-c2ccc(S(=O)(=O)Nc3cccc(Cl)c3)s2)n1. The highest BCUT2D eigenvalue weighted by Crippen LogP contribution is 2.33. The van der Waals surface area contributed by atoms with Gasteiger partial charge >= 0.3 is 0 Å². The number of nitrogens with one attached hydrogen (secondary N) is 1. The first-order valence-electron chi connectivity index (χ1n) is 6.81. The largest absolute Gasteiger partial charge is 0.279 e.